The maximum Gasteiger partial charge on any atom is 0.355 e. The van der Waals surface area contributed by atoms with Crippen LogP contribution in [-0.2, 0) is 19.1 Å². The van der Waals surface area contributed by atoms with Crippen molar-refractivity contribution >= 4 is 29.2 Å². The smallest absolute Gasteiger partial charge is 0.355 e. The molecule has 1 fully saturated rings. The highest BCUT2D eigenvalue weighted by molar-refractivity contribution is 6.47. The van der Waals surface area contributed by atoms with E-state index in [9.17, 15) is 14.4 Å². The lowest BCUT2D eigenvalue weighted by Crippen LogP contribution is -2.45. The number of amides is 2. The summed E-state index contributed by atoms with van der Waals surface area (Å²) in [6, 6.07) is 6.64. The van der Waals surface area contributed by atoms with Gasteiger partial charge in [0.25, 0.3) is 0 Å². The zero-order valence-electron chi connectivity index (χ0n) is 13.4. The molecule has 1 aromatic carbocycles. The highest BCUT2D eigenvalue weighted by Crippen LogP contribution is 2.39. The number of rotatable bonds is 4. The Morgan fingerprint density at radius 2 is 2.21 bits per heavy atom. The van der Waals surface area contributed by atoms with Crippen LogP contribution in [0.4, 0.5) is 5.69 Å². The number of nitrogens with zero attached hydrogens (tertiary/aromatic N) is 2. The largest absolute Gasteiger partial charge is 0.497 e. The van der Waals surface area contributed by atoms with Gasteiger partial charge in [-0.15, -0.1) is 0 Å². The molecule has 8 heteroatoms. The number of nitrogens with one attached hydrogen (secondary N) is 1. The van der Waals surface area contributed by atoms with Crippen molar-refractivity contribution < 1.29 is 23.9 Å². The molecule has 2 aliphatic rings. The molecule has 0 bridgehead atoms. The maximum atomic E-state index is 13.0. The molecule has 1 atom stereocenters. The molecule has 2 heterocycles. The van der Waals surface area contributed by atoms with Crippen LogP contribution >= 0.6 is 0 Å². The van der Waals surface area contributed by atoms with Crippen molar-refractivity contribution in [3.8, 4) is 5.75 Å². The second kappa shape index (κ2) is 5.95. The Balaban J connectivity index is 1.97. The van der Waals surface area contributed by atoms with Crippen LogP contribution in [0.15, 0.2) is 29.4 Å². The maximum absolute atomic E-state index is 13.0. The van der Waals surface area contributed by atoms with E-state index in [0.29, 0.717) is 11.4 Å². The van der Waals surface area contributed by atoms with E-state index in [1.807, 2.05) is 0 Å². The molecule has 126 valence electrons. The number of hydrogen-bond donors (Lipinski definition) is 1. The number of methoxy groups -OCH3 is 1. The van der Waals surface area contributed by atoms with Gasteiger partial charge in [-0.2, -0.15) is 5.10 Å². The molecular weight excluding hydrogens is 314 g/mol. The molecule has 24 heavy (non-hydrogen) atoms. The zero-order chi connectivity index (χ0) is 17.3. The van der Waals surface area contributed by atoms with E-state index in [2.05, 4.69) is 10.5 Å². The fourth-order valence-corrected chi connectivity index (χ4v) is 2.96. The van der Waals surface area contributed by atoms with Crippen molar-refractivity contribution in [2.75, 3.05) is 25.2 Å². The lowest BCUT2D eigenvalue weighted by Gasteiger charge is -2.21. The Morgan fingerprint density at radius 3 is 2.92 bits per heavy atom. The van der Waals surface area contributed by atoms with Gasteiger partial charge in [-0.1, -0.05) is 6.07 Å². The van der Waals surface area contributed by atoms with Gasteiger partial charge < -0.3 is 14.9 Å². The van der Waals surface area contributed by atoms with Crippen LogP contribution in [0.5, 0.6) is 5.75 Å². The molecule has 1 spiro atoms. The Kier molecular flexibility index (Phi) is 3.96. The number of hydrazone groups is 1. The number of anilines is 1. The molecule has 0 saturated carbocycles. The molecule has 2 amide bonds. The first kappa shape index (κ1) is 16.0. The van der Waals surface area contributed by atoms with Crippen molar-refractivity contribution in [2.45, 2.75) is 13.3 Å². The summed E-state index contributed by atoms with van der Waals surface area (Å²) in [4.78, 5) is 38.7. The number of imide groups is 1. The van der Waals surface area contributed by atoms with E-state index in [0.717, 1.165) is 4.90 Å². The Morgan fingerprint density at radius 1 is 1.42 bits per heavy atom. The average molecular weight is 331 g/mol. The van der Waals surface area contributed by atoms with E-state index in [1.54, 1.807) is 31.2 Å². The van der Waals surface area contributed by atoms with E-state index < -0.39 is 23.2 Å². The van der Waals surface area contributed by atoms with Crippen LogP contribution in [0.2, 0.25) is 0 Å². The van der Waals surface area contributed by atoms with Crippen LogP contribution in [0.25, 0.3) is 0 Å². The fraction of sp³-hybridized carbons (Fsp3) is 0.375. The molecule has 0 unspecified atom stereocenters. The third-order valence-corrected chi connectivity index (χ3v) is 4.12. The highest BCUT2D eigenvalue weighted by Gasteiger charge is 2.59. The molecule has 0 aromatic heterocycles. The molecule has 2 aliphatic heterocycles. The van der Waals surface area contributed by atoms with Crippen molar-refractivity contribution in [1.29, 1.82) is 0 Å². The quantitative estimate of drug-likeness (QED) is 0.636. The van der Waals surface area contributed by atoms with Gasteiger partial charge in [-0.25, -0.2) is 9.69 Å². The number of benzene rings is 1. The van der Waals surface area contributed by atoms with E-state index >= 15 is 0 Å². The van der Waals surface area contributed by atoms with Gasteiger partial charge in [0.15, 0.2) is 5.71 Å². The van der Waals surface area contributed by atoms with Gasteiger partial charge in [-0.3, -0.25) is 9.59 Å². The third kappa shape index (κ3) is 2.31. The molecule has 1 aromatic rings. The lowest BCUT2D eigenvalue weighted by atomic mass is 9.81. The van der Waals surface area contributed by atoms with Gasteiger partial charge >= 0.3 is 5.97 Å². The lowest BCUT2D eigenvalue weighted by molar-refractivity contribution is -0.136. The van der Waals surface area contributed by atoms with Crippen LogP contribution < -0.4 is 15.1 Å². The second-order valence-electron chi connectivity index (χ2n) is 5.51. The number of hydrogen-bond acceptors (Lipinski definition) is 7. The van der Waals surface area contributed by atoms with Crippen molar-refractivity contribution in [2.24, 2.45) is 10.5 Å². The molecule has 8 nitrogen and oxygen atoms in total. The van der Waals surface area contributed by atoms with E-state index in [1.165, 1.54) is 7.11 Å². The first-order valence-corrected chi connectivity index (χ1v) is 7.53. The first-order valence-electron chi connectivity index (χ1n) is 7.53. The number of carbonyl (C=O) groups excluding carboxylic acids is 3. The normalized spacial score (nSPS) is 22.6. The summed E-state index contributed by atoms with van der Waals surface area (Å²) in [6.45, 7) is 1.92. The number of carbonyl (C=O) groups is 3. The van der Waals surface area contributed by atoms with E-state index in [4.69, 9.17) is 9.47 Å². The van der Waals surface area contributed by atoms with Crippen LogP contribution in [0.1, 0.15) is 13.3 Å². The minimum Gasteiger partial charge on any atom is -0.497 e. The van der Waals surface area contributed by atoms with Gasteiger partial charge in [0.1, 0.15) is 11.2 Å². The Hall–Kier alpha value is -2.90. The topological polar surface area (TPSA) is 97.3 Å². The average Bonchev–Trinajstić information content (AvgIpc) is 3.10. The standard InChI is InChI=1S/C16H17N3O5/c1-3-24-14(21)13-16(9-17-18-13)8-12(20)19(15(16)22)10-5-4-6-11(7-10)23-2/h4-7,17H,3,8-9H2,1-2H3/t16-/m0/s1. The molecular formula is C16H17N3O5. The summed E-state index contributed by atoms with van der Waals surface area (Å²) >= 11 is 0. The summed E-state index contributed by atoms with van der Waals surface area (Å²) in [6.07, 6.45) is -0.131. The van der Waals surface area contributed by atoms with Crippen molar-refractivity contribution in [3.05, 3.63) is 24.3 Å². The van der Waals surface area contributed by atoms with Gasteiger partial charge in [0.05, 0.1) is 25.9 Å². The summed E-state index contributed by atoms with van der Waals surface area (Å²) in [5.41, 5.74) is 1.69. The third-order valence-electron chi connectivity index (χ3n) is 4.12. The summed E-state index contributed by atoms with van der Waals surface area (Å²) in [7, 11) is 1.50. The molecule has 1 N–H and O–H groups in total. The van der Waals surface area contributed by atoms with Crippen molar-refractivity contribution in [3.63, 3.8) is 0 Å². The predicted octanol–water partition coefficient (Wildman–Crippen LogP) is 0.467. The summed E-state index contributed by atoms with van der Waals surface area (Å²) in [5.74, 6) is -1.04. The highest BCUT2D eigenvalue weighted by atomic mass is 16.5. The molecule has 3 rings (SSSR count). The van der Waals surface area contributed by atoms with E-state index in [-0.39, 0.29) is 25.3 Å². The first-order chi connectivity index (χ1) is 11.5. The monoisotopic (exact) mass is 331 g/mol. The second-order valence-corrected chi connectivity index (χ2v) is 5.51. The SMILES string of the molecule is CCOC(=O)C1=NNC[C@@]12CC(=O)N(c1cccc(OC)c1)C2=O. The van der Waals surface area contributed by atoms with Gasteiger partial charge in [0, 0.05) is 12.5 Å². The number of esters is 1. The predicted molar refractivity (Wildman–Crippen MR) is 84.6 cm³/mol. The van der Waals surface area contributed by atoms with Gasteiger partial charge in [-0.05, 0) is 19.1 Å². The minimum atomic E-state index is -1.31. The molecule has 0 aliphatic carbocycles. The van der Waals surface area contributed by atoms with Gasteiger partial charge in [0.2, 0.25) is 11.8 Å². The van der Waals surface area contributed by atoms with Crippen LogP contribution in [0, 0.1) is 5.41 Å². The summed E-state index contributed by atoms with van der Waals surface area (Å²) in [5, 5.41) is 3.90. The van der Waals surface area contributed by atoms with Crippen LogP contribution in [-0.4, -0.2) is 43.8 Å². The summed E-state index contributed by atoms with van der Waals surface area (Å²) < 4.78 is 10.1. The fourth-order valence-electron chi connectivity index (χ4n) is 2.96. The Labute approximate surface area is 138 Å². The minimum absolute atomic E-state index is 0.0481. The van der Waals surface area contributed by atoms with Crippen LogP contribution in [0.3, 0.4) is 0 Å². The Bertz CT molecular complexity index is 745. The molecule has 1 saturated heterocycles. The van der Waals surface area contributed by atoms with Crippen molar-refractivity contribution in [1.82, 2.24) is 5.43 Å². The number of ether oxygens (including phenoxy) is 2. The zero-order valence-corrected chi connectivity index (χ0v) is 13.4. The molecule has 0 radical (unpaired) electrons.